The maximum atomic E-state index is 15.9. The maximum absolute atomic E-state index is 15.9. The van der Waals surface area contributed by atoms with E-state index < -0.39 is 46.0 Å². The van der Waals surface area contributed by atoms with Crippen molar-refractivity contribution in [2.45, 2.75) is 0 Å². The molecule has 28 aliphatic rings. The largest absolute Gasteiger partial charge is 0.398 e. The lowest BCUT2D eigenvalue weighted by Gasteiger charge is -2.15. The lowest BCUT2D eigenvalue weighted by atomic mass is 9.92. The summed E-state index contributed by atoms with van der Waals surface area (Å²) in [4.78, 5) is 0. The summed E-state index contributed by atoms with van der Waals surface area (Å²) in [6, 6.07) is 51.0. The Morgan fingerprint density at radius 2 is 0.357 bits per heavy atom. The standard InChI is InChI=1S/C60H38F6N4/c61-55-43-25-26-44(56(55)62)36-15-17-39(18-16-36)47-29-49(67)45(27-51(47)69)38-13-5-33(6-14-38)34-7-21-41(22-8-34)53-57(63)59(65)54(60(66)58(53)64)42-23-19-40(20-24-42)48-30-50(68)46(28-52(48)70)37-11-3-32(4-12-37)31-1-9-35(43)10-2-31/h1-30H,67-70H2. The highest BCUT2D eigenvalue weighted by atomic mass is 19.2. The van der Waals surface area contributed by atoms with E-state index in [9.17, 15) is 0 Å². The average molecular weight is 929 g/mol. The lowest BCUT2D eigenvalue weighted by molar-refractivity contribution is 0.463. The molecule has 0 saturated heterocycles. The highest BCUT2D eigenvalue weighted by molar-refractivity contribution is 5.92. The van der Waals surface area contributed by atoms with E-state index in [2.05, 4.69) is 0 Å². The van der Waals surface area contributed by atoms with Crippen LogP contribution in [0, 0.1) is 34.9 Å². The Morgan fingerprint density at radius 3 is 0.571 bits per heavy atom. The molecular formula is C60H38F6N4. The van der Waals surface area contributed by atoms with Crippen LogP contribution in [0.25, 0.3) is 111 Å². The third-order valence-electron chi connectivity index (χ3n) is 13.2. The van der Waals surface area contributed by atoms with Crippen molar-refractivity contribution in [1.82, 2.24) is 0 Å². The average Bonchev–Trinajstić information content (AvgIpc) is 3.38. The summed E-state index contributed by atoms with van der Waals surface area (Å²) < 4.78 is 95.2. The SMILES string of the molecule is Nc1cc2c(N)cc1-c1ccc(cc1)-c1ccc(cc1)-c1c(F)c(F)c(c(F)c1F)-c1ccc(cc1)-c1cc(N)c(cc1N)-c1ccc(cc1)-c1ccc(cc1)-c1ccc(c(F)c1F)-c1ccc-2cc1. The van der Waals surface area contributed by atoms with Crippen molar-refractivity contribution in [2.24, 2.45) is 0 Å². The van der Waals surface area contributed by atoms with Gasteiger partial charge in [0.25, 0.3) is 0 Å². The highest BCUT2D eigenvalue weighted by Crippen LogP contribution is 2.42. The molecule has 4 nitrogen and oxygen atoms in total. The van der Waals surface area contributed by atoms with Gasteiger partial charge in [-0.1, -0.05) is 158 Å². The van der Waals surface area contributed by atoms with E-state index in [1.165, 1.54) is 24.3 Å². The number of rotatable bonds is 0. The number of benzene rings is 10. The molecule has 0 spiro atoms. The molecule has 0 aliphatic heterocycles. The minimum Gasteiger partial charge on any atom is -0.398 e. The van der Waals surface area contributed by atoms with Gasteiger partial charge in [-0.15, -0.1) is 0 Å². The monoisotopic (exact) mass is 928 g/mol. The molecule has 0 radical (unpaired) electrons. The number of nitrogen functional groups attached to an aromatic ring is 4. The molecule has 0 heterocycles. The summed E-state index contributed by atoms with van der Waals surface area (Å²) in [5.74, 6) is -8.05. The van der Waals surface area contributed by atoms with Crippen molar-refractivity contribution < 1.29 is 26.3 Å². The van der Waals surface area contributed by atoms with Crippen LogP contribution in [-0.2, 0) is 0 Å². The molecule has 0 atom stereocenters. The first-order valence-corrected chi connectivity index (χ1v) is 22.2. The minimum atomic E-state index is -1.53. The van der Waals surface area contributed by atoms with Crippen molar-refractivity contribution in [3.8, 4) is 111 Å². The fraction of sp³-hybridized carbons (Fsp3) is 0. The van der Waals surface area contributed by atoms with Crippen molar-refractivity contribution in [2.75, 3.05) is 22.9 Å². The quantitative estimate of drug-likeness (QED) is 0.0691. The number of anilines is 4. The van der Waals surface area contributed by atoms with E-state index in [1.54, 1.807) is 97.1 Å². The Labute approximate surface area is 398 Å². The van der Waals surface area contributed by atoms with E-state index in [-0.39, 0.29) is 22.3 Å². The first kappa shape index (κ1) is 43.5. The minimum absolute atomic E-state index is 0.0560. The zero-order valence-corrected chi connectivity index (χ0v) is 36.9. The molecule has 28 aliphatic carbocycles. The Kier molecular flexibility index (Phi) is 10.5. The molecule has 8 N–H and O–H groups in total. The number of halogens is 6. The number of hydrogen-bond acceptors (Lipinski definition) is 4. The van der Waals surface area contributed by atoms with Crippen LogP contribution in [0.1, 0.15) is 0 Å². The zero-order chi connectivity index (χ0) is 48.5. The van der Waals surface area contributed by atoms with Gasteiger partial charge in [0.05, 0.1) is 11.1 Å². The van der Waals surface area contributed by atoms with Crippen LogP contribution in [0.2, 0.25) is 0 Å². The zero-order valence-electron chi connectivity index (χ0n) is 36.9. The fourth-order valence-electron chi connectivity index (χ4n) is 9.40. The highest BCUT2D eigenvalue weighted by Gasteiger charge is 2.28. The third kappa shape index (κ3) is 7.37. The second-order valence-electron chi connectivity index (χ2n) is 17.3. The van der Waals surface area contributed by atoms with Gasteiger partial charge < -0.3 is 22.9 Å². The smallest absolute Gasteiger partial charge is 0.170 e. The van der Waals surface area contributed by atoms with E-state index in [0.29, 0.717) is 67.3 Å². The number of nitrogens with two attached hydrogens (primary N) is 4. The molecule has 10 aromatic carbocycles. The molecule has 0 saturated carbocycles. The van der Waals surface area contributed by atoms with E-state index >= 15 is 26.3 Å². The summed E-state index contributed by atoms with van der Waals surface area (Å²) in [5, 5.41) is 0. The first-order valence-electron chi connectivity index (χ1n) is 22.2. The van der Waals surface area contributed by atoms with Crippen molar-refractivity contribution in [1.29, 1.82) is 0 Å². The van der Waals surface area contributed by atoms with Gasteiger partial charge in [0.15, 0.2) is 34.9 Å². The molecule has 0 fully saturated rings. The summed E-state index contributed by atoms with van der Waals surface area (Å²) in [6.45, 7) is 0. The molecule has 10 aromatic rings. The van der Waals surface area contributed by atoms with Gasteiger partial charge in [-0.2, -0.15) is 0 Å². The predicted molar refractivity (Wildman–Crippen MR) is 272 cm³/mol. The molecule has 10 heteroatoms. The number of hydrogen-bond donors (Lipinski definition) is 4. The van der Waals surface area contributed by atoms with E-state index in [4.69, 9.17) is 22.9 Å². The van der Waals surface area contributed by atoms with Gasteiger partial charge in [0.1, 0.15) is 0 Å². The van der Waals surface area contributed by atoms with Crippen LogP contribution in [0.5, 0.6) is 0 Å². The predicted octanol–water partition coefficient (Wildman–Crippen LogP) is 15.8. The Morgan fingerprint density at radius 1 is 0.186 bits per heavy atom. The fourth-order valence-corrected chi connectivity index (χ4v) is 9.40. The molecule has 0 aromatic heterocycles. The molecule has 20 bridgehead atoms. The van der Waals surface area contributed by atoms with Crippen LogP contribution < -0.4 is 22.9 Å². The van der Waals surface area contributed by atoms with E-state index in [1.807, 2.05) is 60.7 Å². The molecule has 38 rings (SSSR count). The van der Waals surface area contributed by atoms with Crippen molar-refractivity contribution in [3.05, 3.63) is 217 Å². The molecule has 0 amide bonds. The topological polar surface area (TPSA) is 104 Å². The molecular weight excluding hydrogens is 891 g/mol. The van der Waals surface area contributed by atoms with Gasteiger partial charge in [-0.25, -0.2) is 26.3 Å². The lowest BCUT2D eigenvalue weighted by Crippen LogP contribution is -2.03. The van der Waals surface area contributed by atoms with E-state index in [0.717, 1.165) is 33.4 Å². The van der Waals surface area contributed by atoms with Crippen LogP contribution in [-0.4, -0.2) is 0 Å². The van der Waals surface area contributed by atoms with Gasteiger partial charge in [-0.3, -0.25) is 0 Å². The van der Waals surface area contributed by atoms with Crippen LogP contribution in [0.4, 0.5) is 49.1 Å². The first-order chi connectivity index (χ1) is 33.8. The van der Waals surface area contributed by atoms with Gasteiger partial charge >= 0.3 is 0 Å². The third-order valence-corrected chi connectivity index (χ3v) is 13.2. The van der Waals surface area contributed by atoms with Crippen LogP contribution in [0.15, 0.2) is 182 Å². The van der Waals surface area contributed by atoms with Gasteiger partial charge in [0, 0.05) is 56.1 Å². The molecule has 340 valence electrons. The normalized spacial score (nSPS) is 11.5. The van der Waals surface area contributed by atoms with Gasteiger partial charge in [0.2, 0.25) is 0 Å². The second-order valence-corrected chi connectivity index (χ2v) is 17.3. The Bertz CT molecular complexity index is 3680. The summed E-state index contributed by atoms with van der Waals surface area (Å²) in [5.41, 5.74) is 35.9. The maximum Gasteiger partial charge on any atom is 0.170 e. The van der Waals surface area contributed by atoms with Crippen LogP contribution in [0.3, 0.4) is 0 Å². The van der Waals surface area contributed by atoms with Crippen molar-refractivity contribution in [3.63, 3.8) is 0 Å². The summed E-state index contributed by atoms with van der Waals surface area (Å²) in [6.07, 6.45) is 0. The molecule has 0 unspecified atom stereocenters. The van der Waals surface area contributed by atoms with Crippen LogP contribution >= 0.6 is 0 Å². The summed E-state index contributed by atoms with van der Waals surface area (Å²) >= 11 is 0. The second kappa shape index (κ2) is 16.9. The Hall–Kier alpha value is -9.02. The van der Waals surface area contributed by atoms with Gasteiger partial charge in [-0.05, 0) is 91.0 Å². The summed E-state index contributed by atoms with van der Waals surface area (Å²) in [7, 11) is 0. The molecule has 70 heavy (non-hydrogen) atoms. The Balaban J connectivity index is 0.987. The van der Waals surface area contributed by atoms with Crippen molar-refractivity contribution >= 4 is 22.7 Å².